The molecule has 1 aliphatic heterocycles. The number of oxazole rings is 1. The van der Waals surface area contributed by atoms with Gasteiger partial charge in [0, 0.05) is 19.5 Å². The number of carbonyl (C=O) groups is 1. The number of aryl methyl sites for hydroxylation is 1. The van der Waals surface area contributed by atoms with E-state index in [1.54, 1.807) is 18.3 Å². The van der Waals surface area contributed by atoms with Gasteiger partial charge in [-0.05, 0) is 49.6 Å². The smallest absolute Gasteiger partial charge is 0.242 e. The van der Waals surface area contributed by atoms with Crippen molar-refractivity contribution < 1.29 is 13.6 Å². The molecule has 6 nitrogen and oxygen atoms in total. The number of halogens is 1. The van der Waals surface area contributed by atoms with Crippen molar-refractivity contribution in [2.45, 2.75) is 38.6 Å². The Hall–Kier alpha value is -3.48. The molecule has 2 aromatic heterocycles. The number of benzene rings is 2. The van der Waals surface area contributed by atoms with Crippen molar-refractivity contribution in [1.29, 1.82) is 0 Å². The molecule has 1 fully saturated rings. The number of hydrogen-bond acceptors (Lipinski definition) is 4. The lowest BCUT2D eigenvalue weighted by Crippen LogP contribution is -2.41. The van der Waals surface area contributed by atoms with Crippen molar-refractivity contribution in [1.82, 2.24) is 19.4 Å². The van der Waals surface area contributed by atoms with E-state index < -0.39 is 0 Å². The molecule has 0 unspecified atom stereocenters. The maximum absolute atomic E-state index is 13.1. The summed E-state index contributed by atoms with van der Waals surface area (Å²) in [5, 5.41) is 0. The van der Waals surface area contributed by atoms with E-state index in [2.05, 4.69) is 9.97 Å². The second-order valence-corrected chi connectivity index (χ2v) is 8.38. The number of piperidine rings is 1. The summed E-state index contributed by atoms with van der Waals surface area (Å²) < 4.78 is 21.1. The minimum absolute atomic E-state index is 0.0790. The van der Waals surface area contributed by atoms with Gasteiger partial charge >= 0.3 is 0 Å². The summed E-state index contributed by atoms with van der Waals surface area (Å²) in [7, 11) is 0. The molecular formula is C25H25FN4O2. The molecule has 164 valence electrons. The molecule has 7 heteroatoms. The Morgan fingerprint density at radius 3 is 2.84 bits per heavy atom. The number of carbonyl (C=O) groups excluding carboxylic acids is 1. The van der Waals surface area contributed by atoms with Crippen LogP contribution in [-0.2, 0) is 17.8 Å². The number of fused-ring (bicyclic) bond motifs is 1. The third-order valence-corrected chi connectivity index (χ3v) is 6.13. The van der Waals surface area contributed by atoms with E-state index in [9.17, 15) is 9.18 Å². The standard InChI is InChI=1S/C25H25FN4O2/c1-17-28-22-6-2-3-7-23(22)30(17)16-24(31)29-12-4-5-19(15-29)25-27-14-21(32-25)13-18-8-10-20(26)11-9-18/h2-3,6-11,14,19H,4-5,12-13,15-16H2,1H3/t19-/m0/s1. The number of nitrogens with zero attached hydrogens (tertiary/aromatic N) is 4. The quantitative estimate of drug-likeness (QED) is 0.467. The van der Waals surface area contributed by atoms with Crippen LogP contribution in [-0.4, -0.2) is 38.4 Å². The summed E-state index contributed by atoms with van der Waals surface area (Å²) in [5.41, 5.74) is 2.85. The Morgan fingerprint density at radius 1 is 1.19 bits per heavy atom. The zero-order valence-corrected chi connectivity index (χ0v) is 18.0. The van der Waals surface area contributed by atoms with Gasteiger partial charge in [-0.25, -0.2) is 14.4 Å². The van der Waals surface area contributed by atoms with Crippen LogP contribution < -0.4 is 0 Å². The van der Waals surface area contributed by atoms with Gasteiger partial charge in [0.05, 0.1) is 23.1 Å². The molecule has 3 heterocycles. The second kappa shape index (κ2) is 8.57. The lowest BCUT2D eigenvalue weighted by Gasteiger charge is -2.31. The lowest BCUT2D eigenvalue weighted by molar-refractivity contribution is -0.133. The molecule has 1 amide bonds. The molecular weight excluding hydrogens is 407 g/mol. The highest BCUT2D eigenvalue weighted by Crippen LogP contribution is 2.28. The predicted octanol–water partition coefficient (Wildman–Crippen LogP) is 4.47. The summed E-state index contributed by atoms with van der Waals surface area (Å²) in [4.78, 5) is 24.1. The predicted molar refractivity (Wildman–Crippen MR) is 119 cm³/mol. The van der Waals surface area contributed by atoms with Gasteiger partial charge in [0.2, 0.25) is 5.91 Å². The van der Waals surface area contributed by atoms with Gasteiger partial charge in [-0.1, -0.05) is 24.3 Å². The molecule has 1 saturated heterocycles. The SMILES string of the molecule is Cc1nc2ccccc2n1CC(=O)N1CCC[C@H](c2ncc(Cc3ccc(F)cc3)o2)C1. The zero-order chi connectivity index (χ0) is 22.1. The maximum Gasteiger partial charge on any atom is 0.242 e. The van der Waals surface area contributed by atoms with Crippen LogP contribution in [0.3, 0.4) is 0 Å². The number of aromatic nitrogens is 3. The van der Waals surface area contributed by atoms with Crippen LogP contribution in [0.1, 0.15) is 41.8 Å². The molecule has 0 spiro atoms. The molecule has 5 rings (SSSR count). The van der Waals surface area contributed by atoms with E-state index in [0.717, 1.165) is 47.6 Å². The molecule has 1 atom stereocenters. The number of likely N-dealkylation sites (tertiary alicyclic amines) is 1. The third kappa shape index (κ3) is 4.15. The van der Waals surface area contributed by atoms with E-state index in [1.165, 1.54) is 12.1 Å². The van der Waals surface area contributed by atoms with Gasteiger partial charge < -0.3 is 13.9 Å². The van der Waals surface area contributed by atoms with Crippen LogP contribution in [0.2, 0.25) is 0 Å². The normalized spacial score (nSPS) is 16.6. The minimum atomic E-state index is -0.252. The molecule has 4 aromatic rings. The fourth-order valence-electron chi connectivity index (χ4n) is 4.43. The van der Waals surface area contributed by atoms with Crippen molar-refractivity contribution in [3.63, 3.8) is 0 Å². The zero-order valence-electron chi connectivity index (χ0n) is 18.0. The topological polar surface area (TPSA) is 64.2 Å². The number of rotatable bonds is 5. The number of para-hydroxylation sites is 2. The van der Waals surface area contributed by atoms with Crippen LogP contribution in [0, 0.1) is 12.7 Å². The Bertz CT molecular complexity index is 1240. The van der Waals surface area contributed by atoms with Crippen LogP contribution >= 0.6 is 0 Å². The van der Waals surface area contributed by atoms with Crippen molar-refractivity contribution in [2.24, 2.45) is 0 Å². The van der Waals surface area contributed by atoms with Gasteiger partial charge in [0.15, 0.2) is 5.89 Å². The average Bonchev–Trinajstić information content (AvgIpc) is 3.40. The van der Waals surface area contributed by atoms with Gasteiger partial charge in [-0.15, -0.1) is 0 Å². The van der Waals surface area contributed by atoms with Gasteiger partial charge in [-0.3, -0.25) is 4.79 Å². The Kier molecular flexibility index (Phi) is 5.47. The fraction of sp³-hybridized carbons (Fsp3) is 0.320. The van der Waals surface area contributed by atoms with Crippen LogP contribution in [0.25, 0.3) is 11.0 Å². The minimum Gasteiger partial charge on any atom is -0.445 e. The van der Waals surface area contributed by atoms with Crippen molar-refractivity contribution >= 4 is 16.9 Å². The first-order valence-corrected chi connectivity index (χ1v) is 11.0. The molecule has 0 saturated carbocycles. The fourth-order valence-corrected chi connectivity index (χ4v) is 4.43. The van der Waals surface area contributed by atoms with Crippen LogP contribution in [0.5, 0.6) is 0 Å². The molecule has 0 radical (unpaired) electrons. The van der Waals surface area contributed by atoms with Crippen molar-refractivity contribution in [3.8, 4) is 0 Å². The van der Waals surface area contributed by atoms with Crippen molar-refractivity contribution in [2.75, 3.05) is 13.1 Å². The van der Waals surface area contributed by atoms with Crippen LogP contribution in [0.4, 0.5) is 4.39 Å². The first-order valence-electron chi connectivity index (χ1n) is 11.0. The van der Waals surface area contributed by atoms with E-state index in [4.69, 9.17) is 4.42 Å². The molecule has 0 N–H and O–H groups in total. The highest BCUT2D eigenvalue weighted by atomic mass is 19.1. The lowest BCUT2D eigenvalue weighted by atomic mass is 9.98. The summed E-state index contributed by atoms with van der Waals surface area (Å²) in [6.07, 6.45) is 4.15. The number of amides is 1. The second-order valence-electron chi connectivity index (χ2n) is 8.38. The average molecular weight is 432 g/mol. The Balaban J connectivity index is 1.26. The summed E-state index contributed by atoms with van der Waals surface area (Å²) in [5.74, 6) is 2.16. The Labute approximate surface area is 185 Å². The van der Waals surface area contributed by atoms with Gasteiger partial charge in [0.1, 0.15) is 23.9 Å². The molecule has 0 bridgehead atoms. The van der Waals surface area contributed by atoms with Gasteiger partial charge in [0.25, 0.3) is 0 Å². The molecule has 1 aliphatic rings. The summed E-state index contributed by atoms with van der Waals surface area (Å²) in [6, 6.07) is 14.3. The largest absolute Gasteiger partial charge is 0.445 e. The number of imidazole rings is 1. The molecule has 0 aliphatic carbocycles. The highest BCUT2D eigenvalue weighted by Gasteiger charge is 2.28. The molecule has 2 aromatic carbocycles. The van der Waals surface area contributed by atoms with Crippen LogP contribution in [0.15, 0.2) is 59.1 Å². The first kappa shape index (κ1) is 20.4. The summed E-state index contributed by atoms with van der Waals surface area (Å²) >= 11 is 0. The number of hydrogen-bond donors (Lipinski definition) is 0. The van der Waals surface area contributed by atoms with Crippen molar-refractivity contribution in [3.05, 3.63) is 83.6 Å². The Morgan fingerprint density at radius 2 is 2.00 bits per heavy atom. The van der Waals surface area contributed by atoms with E-state index >= 15 is 0 Å². The molecule has 32 heavy (non-hydrogen) atoms. The first-order chi connectivity index (χ1) is 15.6. The maximum atomic E-state index is 13.1. The van der Waals surface area contributed by atoms with E-state index in [-0.39, 0.29) is 24.2 Å². The highest BCUT2D eigenvalue weighted by molar-refractivity contribution is 5.81. The van der Waals surface area contributed by atoms with Gasteiger partial charge in [-0.2, -0.15) is 0 Å². The third-order valence-electron chi connectivity index (χ3n) is 6.13. The monoisotopic (exact) mass is 432 g/mol. The van der Waals surface area contributed by atoms with E-state index in [1.807, 2.05) is 40.7 Å². The van der Waals surface area contributed by atoms with E-state index in [0.29, 0.717) is 18.9 Å². The summed E-state index contributed by atoms with van der Waals surface area (Å²) in [6.45, 7) is 3.55.